The van der Waals surface area contributed by atoms with Gasteiger partial charge < -0.3 is 24.9 Å². The summed E-state index contributed by atoms with van der Waals surface area (Å²) in [7, 11) is 0. The summed E-state index contributed by atoms with van der Waals surface area (Å²) in [6, 6.07) is 9.06. The highest BCUT2D eigenvalue weighted by Gasteiger charge is 2.29. The number of nitrogens with one attached hydrogen (secondary N) is 2. The molecule has 1 aliphatic heterocycles. The van der Waals surface area contributed by atoms with Crippen LogP contribution in [0.2, 0.25) is 0 Å². The van der Waals surface area contributed by atoms with Crippen molar-refractivity contribution in [2.75, 3.05) is 13.2 Å². The van der Waals surface area contributed by atoms with E-state index in [0.29, 0.717) is 24.4 Å². The van der Waals surface area contributed by atoms with Gasteiger partial charge in [-0.2, -0.15) is 0 Å². The van der Waals surface area contributed by atoms with Gasteiger partial charge in [-0.1, -0.05) is 18.2 Å². The molecule has 0 saturated carbocycles. The monoisotopic (exact) mass is 344 g/mol. The van der Waals surface area contributed by atoms with E-state index in [2.05, 4.69) is 10.6 Å². The van der Waals surface area contributed by atoms with Gasteiger partial charge in [-0.3, -0.25) is 0 Å². The molecule has 1 aliphatic rings. The fraction of sp³-hybridized carbons (Fsp3) is 0.421. The molecule has 6 heteroatoms. The highest BCUT2D eigenvalue weighted by atomic mass is 16.5. The quantitative estimate of drug-likeness (QED) is 0.796. The number of hydrogen-bond donors (Lipinski definition) is 3. The summed E-state index contributed by atoms with van der Waals surface area (Å²) in [5.41, 5.74) is 0.450. The fourth-order valence-corrected chi connectivity index (χ4v) is 3.21. The van der Waals surface area contributed by atoms with E-state index in [9.17, 15) is 9.90 Å². The largest absolute Gasteiger partial charge is 0.493 e. The normalized spacial score (nSPS) is 18.6. The van der Waals surface area contributed by atoms with Crippen LogP contribution < -0.4 is 15.4 Å². The van der Waals surface area contributed by atoms with Gasteiger partial charge in [-0.15, -0.1) is 0 Å². The molecular weight excluding hydrogens is 320 g/mol. The number of para-hydroxylation sites is 1. The molecule has 1 aromatic carbocycles. The first-order chi connectivity index (χ1) is 11.9. The fourth-order valence-electron chi connectivity index (χ4n) is 3.21. The van der Waals surface area contributed by atoms with Crippen LogP contribution in [-0.2, 0) is 5.60 Å². The molecule has 2 atom stereocenters. The molecular formula is C19H24N2O4. The molecule has 134 valence electrons. The number of benzene rings is 1. The van der Waals surface area contributed by atoms with Crippen LogP contribution >= 0.6 is 0 Å². The molecule has 2 unspecified atom stereocenters. The van der Waals surface area contributed by atoms with E-state index in [1.54, 1.807) is 19.9 Å². The number of furan rings is 1. The van der Waals surface area contributed by atoms with Gasteiger partial charge in [-0.05, 0) is 32.9 Å². The molecule has 0 bridgehead atoms. The van der Waals surface area contributed by atoms with Crippen LogP contribution in [-0.4, -0.2) is 24.3 Å². The van der Waals surface area contributed by atoms with Gasteiger partial charge in [0.2, 0.25) is 0 Å². The Balaban J connectivity index is 1.61. The smallest absolute Gasteiger partial charge is 0.315 e. The van der Waals surface area contributed by atoms with Crippen LogP contribution in [0.5, 0.6) is 5.75 Å². The van der Waals surface area contributed by atoms with Crippen LogP contribution in [0.1, 0.15) is 42.0 Å². The van der Waals surface area contributed by atoms with Crippen molar-refractivity contribution in [2.45, 2.75) is 38.8 Å². The van der Waals surface area contributed by atoms with Crippen molar-refractivity contribution in [3.63, 3.8) is 0 Å². The molecule has 6 nitrogen and oxygen atoms in total. The molecule has 25 heavy (non-hydrogen) atoms. The average Bonchev–Trinajstić information content (AvgIpc) is 2.93. The zero-order valence-electron chi connectivity index (χ0n) is 14.8. The second-order valence-corrected chi connectivity index (χ2v) is 6.66. The number of carbonyl (C=O) groups excluding carboxylic acids is 1. The van der Waals surface area contributed by atoms with Crippen molar-refractivity contribution in [2.24, 2.45) is 0 Å². The zero-order valence-corrected chi connectivity index (χ0v) is 14.8. The summed E-state index contributed by atoms with van der Waals surface area (Å²) in [4.78, 5) is 12.3. The van der Waals surface area contributed by atoms with Gasteiger partial charge in [0.05, 0.1) is 19.2 Å². The van der Waals surface area contributed by atoms with Gasteiger partial charge in [-0.25, -0.2) is 4.79 Å². The highest BCUT2D eigenvalue weighted by Crippen LogP contribution is 2.31. The van der Waals surface area contributed by atoms with Gasteiger partial charge >= 0.3 is 6.03 Å². The van der Waals surface area contributed by atoms with E-state index in [-0.39, 0.29) is 18.6 Å². The lowest BCUT2D eigenvalue weighted by Gasteiger charge is -2.28. The molecule has 3 rings (SSSR count). The third-order valence-corrected chi connectivity index (χ3v) is 4.48. The minimum Gasteiger partial charge on any atom is -0.493 e. The van der Waals surface area contributed by atoms with Gasteiger partial charge in [0.1, 0.15) is 22.9 Å². The van der Waals surface area contributed by atoms with Crippen LogP contribution in [0.4, 0.5) is 4.79 Å². The Morgan fingerprint density at radius 3 is 2.84 bits per heavy atom. The summed E-state index contributed by atoms with van der Waals surface area (Å²) in [6.45, 7) is 5.94. The maximum atomic E-state index is 12.3. The number of amides is 2. The number of urea groups is 1. The van der Waals surface area contributed by atoms with Crippen molar-refractivity contribution < 1.29 is 19.1 Å². The summed E-state index contributed by atoms with van der Waals surface area (Å²) >= 11 is 0. The molecule has 1 aromatic heterocycles. The predicted molar refractivity (Wildman–Crippen MR) is 93.6 cm³/mol. The maximum absolute atomic E-state index is 12.3. The van der Waals surface area contributed by atoms with Crippen molar-refractivity contribution >= 4 is 6.03 Å². The number of ether oxygens (including phenoxy) is 1. The summed E-state index contributed by atoms with van der Waals surface area (Å²) in [5, 5.41) is 16.4. The zero-order chi connectivity index (χ0) is 18.0. The number of rotatable bonds is 4. The molecule has 2 heterocycles. The minimum atomic E-state index is -1.20. The lowest BCUT2D eigenvalue weighted by Crippen LogP contribution is -2.45. The minimum absolute atomic E-state index is 0.0868. The predicted octanol–water partition coefficient (Wildman–Crippen LogP) is 2.93. The Morgan fingerprint density at radius 1 is 1.36 bits per heavy atom. The second kappa shape index (κ2) is 6.80. The van der Waals surface area contributed by atoms with Gasteiger partial charge in [0.15, 0.2) is 0 Å². The summed E-state index contributed by atoms with van der Waals surface area (Å²) < 4.78 is 11.1. The van der Waals surface area contributed by atoms with Crippen molar-refractivity contribution in [1.29, 1.82) is 0 Å². The summed E-state index contributed by atoms with van der Waals surface area (Å²) in [5.74, 6) is 2.19. The van der Waals surface area contributed by atoms with Crippen molar-refractivity contribution in [3.8, 4) is 5.75 Å². The van der Waals surface area contributed by atoms with Crippen molar-refractivity contribution in [3.05, 3.63) is 53.0 Å². The molecule has 0 fully saturated rings. The van der Waals surface area contributed by atoms with E-state index in [0.717, 1.165) is 17.1 Å². The highest BCUT2D eigenvalue weighted by molar-refractivity contribution is 5.74. The molecule has 0 spiro atoms. The molecule has 2 amide bonds. The van der Waals surface area contributed by atoms with Gasteiger partial charge in [0.25, 0.3) is 0 Å². The van der Waals surface area contributed by atoms with E-state index in [1.165, 1.54) is 0 Å². The van der Waals surface area contributed by atoms with Crippen LogP contribution in [0.25, 0.3) is 0 Å². The van der Waals surface area contributed by atoms with Crippen LogP contribution in [0.3, 0.4) is 0 Å². The Morgan fingerprint density at radius 2 is 2.12 bits per heavy atom. The third kappa shape index (κ3) is 3.79. The number of aryl methyl sites for hydroxylation is 2. The number of aliphatic hydroxyl groups is 1. The Kier molecular flexibility index (Phi) is 4.72. The van der Waals surface area contributed by atoms with E-state index in [1.807, 2.05) is 31.2 Å². The summed E-state index contributed by atoms with van der Waals surface area (Å²) in [6.07, 6.45) is 0.709. The van der Waals surface area contributed by atoms with Crippen molar-refractivity contribution in [1.82, 2.24) is 10.6 Å². The molecule has 0 saturated heterocycles. The Bertz CT molecular complexity index is 767. The Labute approximate surface area is 147 Å². The number of carbonyl (C=O) groups is 1. The van der Waals surface area contributed by atoms with Gasteiger partial charge in [0, 0.05) is 17.5 Å². The lowest BCUT2D eigenvalue weighted by molar-refractivity contribution is 0.0577. The first-order valence-electron chi connectivity index (χ1n) is 8.43. The molecule has 0 radical (unpaired) electrons. The SMILES string of the molecule is Cc1cc(C(C)(O)CNC(=O)NC2CCOc3ccccc32)c(C)o1. The lowest BCUT2D eigenvalue weighted by atomic mass is 9.96. The molecule has 0 aliphatic carbocycles. The molecule has 2 aromatic rings. The van der Waals surface area contributed by atoms with Crippen LogP contribution in [0, 0.1) is 13.8 Å². The van der Waals surface area contributed by atoms with E-state index < -0.39 is 5.60 Å². The number of fused-ring (bicyclic) bond motifs is 1. The standard InChI is InChI=1S/C19H24N2O4/c1-12-10-15(13(2)25-12)19(3,23)11-20-18(22)21-16-8-9-24-17-7-5-4-6-14(16)17/h4-7,10,16,23H,8-9,11H2,1-3H3,(H2,20,21,22). The number of hydrogen-bond acceptors (Lipinski definition) is 4. The van der Waals surface area contributed by atoms with E-state index in [4.69, 9.17) is 9.15 Å². The average molecular weight is 344 g/mol. The first-order valence-corrected chi connectivity index (χ1v) is 8.43. The first kappa shape index (κ1) is 17.4. The maximum Gasteiger partial charge on any atom is 0.315 e. The Hall–Kier alpha value is -2.47. The van der Waals surface area contributed by atoms with Crippen LogP contribution in [0.15, 0.2) is 34.7 Å². The van der Waals surface area contributed by atoms with E-state index >= 15 is 0 Å². The topological polar surface area (TPSA) is 83.7 Å². The second-order valence-electron chi connectivity index (χ2n) is 6.66. The molecule has 3 N–H and O–H groups in total. The third-order valence-electron chi connectivity index (χ3n) is 4.48.